The maximum Gasteiger partial charge on any atom is 0.366 e. The van der Waals surface area contributed by atoms with Crippen LogP contribution in [0.1, 0.15) is 30.2 Å². The Kier molecular flexibility index (Phi) is 7.55. The highest BCUT2D eigenvalue weighted by Gasteiger charge is 2.45. The molecule has 38 heavy (non-hydrogen) atoms. The van der Waals surface area contributed by atoms with Crippen LogP contribution in [0.4, 0.5) is 17.6 Å². The van der Waals surface area contributed by atoms with E-state index in [9.17, 15) is 18.7 Å². The van der Waals surface area contributed by atoms with E-state index in [4.69, 9.17) is 9.47 Å². The zero-order chi connectivity index (χ0) is 26.9. The monoisotopic (exact) mass is 551 g/mol. The van der Waals surface area contributed by atoms with Gasteiger partial charge in [-0.15, -0.1) is 11.3 Å². The first-order chi connectivity index (χ1) is 18.2. The Bertz CT molecular complexity index is 1300. The Morgan fingerprint density at radius 3 is 2.58 bits per heavy atom. The number of likely N-dealkylation sites (tertiary alicyclic amines) is 1. The summed E-state index contributed by atoms with van der Waals surface area (Å²) in [6.45, 7) is 1.81. The van der Waals surface area contributed by atoms with Gasteiger partial charge in [-0.1, -0.05) is 0 Å². The minimum Gasteiger partial charge on any atom is -0.486 e. The average Bonchev–Trinajstić information content (AvgIpc) is 3.61. The van der Waals surface area contributed by atoms with Crippen molar-refractivity contribution in [3.63, 3.8) is 0 Å². The molecule has 3 heterocycles. The zero-order valence-corrected chi connectivity index (χ0v) is 20.9. The van der Waals surface area contributed by atoms with Crippen molar-refractivity contribution >= 4 is 17.2 Å². The molecule has 2 unspecified atom stereocenters. The van der Waals surface area contributed by atoms with Crippen molar-refractivity contribution in [2.45, 2.75) is 30.9 Å². The SMILES string of the molecule is O=C(NC(CN1CCCC1)C(O)c1cc(F)c2c(c1)OCCO2)C(F)(F)c1csc(-c2ccc(F)cc2)n1. The van der Waals surface area contributed by atoms with E-state index in [0.29, 0.717) is 18.7 Å². The summed E-state index contributed by atoms with van der Waals surface area (Å²) in [5, 5.41) is 14.7. The predicted molar refractivity (Wildman–Crippen MR) is 131 cm³/mol. The second-order valence-corrected chi connectivity index (χ2v) is 10.0. The van der Waals surface area contributed by atoms with E-state index in [1.54, 1.807) is 0 Å². The molecule has 2 atom stereocenters. The van der Waals surface area contributed by atoms with Crippen molar-refractivity contribution in [3.8, 4) is 22.1 Å². The molecule has 2 N–H and O–H groups in total. The largest absolute Gasteiger partial charge is 0.486 e. The first kappa shape index (κ1) is 26.4. The number of amides is 1. The number of carbonyl (C=O) groups is 1. The number of nitrogens with zero attached hydrogens (tertiary/aromatic N) is 2. The summed E-state index contributed by atoms with van der Waals surface area (Å²) in [7, 11) is 0. The van der Waals surface area contributed by atoms with Gasteiger partial charge in [-0.3, -0.25) is 4.79 Å². The van der Waals surface area contributed by atoms with Gasteiger partial charge in [0.15, 0.2) is 17.3 Å². The van der Waals surface area contributed by atoms with Crippen LogP contribution in [0.25, 0.3) is 10.6 Å². The lowest BCUT2D eigenvalue weighted by atomic mass is 10.00. The molecule has 202 valence electrons. The van der Waals surface area contributed by atoms with E-state index in [-0.39, 0.29) is 41.8 Å². The molecule has 1 fully saturated rings. The number of hydrogen-bond acceptors (Lipinski definition) is 7. The molecule has 2 aliphatic heterocycles. The minimum absolute atomic E-state index is 0.0619. The number of ether oxygens (including phenoxy) is 2. The third-order valence-corrected chi connectivity index (χ3v) is 7.41. The van der Waals surface area contributed by atoms with Crippen LogP contribution in [-0.4, -0.2) is 59.8 Å². The molecule has 0 aliphatic carbocycles. The van der Waals surface area contributed by atoms with E-state index >= 15 is 8.78 Å². The molecule has 2 aliphatic rings. The van der Waals surface area contributed by atoms with Gasteiger partial charge in [0.2, 0.25) is 0 Å². The van der Waals surface area contributed by atoms with Crippen molar-refractivity contribution in [1.82, 2.24) is 15.2 Å². The summed E-state index contributed by atoms with van der Waals surface area (Å²) in [6.07, 6.45) is 0.290. The summed E-state index contributed by atoms with van der Waals surface area (Å²) in [5.74, 6) is -6.89. The van der Waals surface area contributed by atoms with Crippen molar-refractivity contribution in [3.05, 3.63) is 64.7 Å². The Morgan fingerprint density at radius 2 is 1.84 bits per heavy atom. The molecule has 0 radical (unpaired) electrons. The third-order valence-electron chi connectivity index (χ3n) is 6.51. The second-order valence-electron chi connectivity index (χ2n) is 9.18. The van der Waals surface area contributed by atoms with Crippen LogP contribution in [-0.2, 0) is 10.7 Å². The number of alkyl halides is 2. The molecule has 5 rings (SSSR count). The van der Waals surface area contributed by atoms with Crippen LogP contribution in [0.2, 0.25) is 0 Å². The highest BCUT2D eigenvalue weighted by atomic mass is 32.1. The summed E-state index contributed by atoms with van der Waals surface area (Å²) >= 11 is 0.897. The second kappa shape index (κ2) is 10.9. The van der Waals surface area contributed by atoms with Gasteiger partial charge in [0.05, 0.1) is 6.04 Å². The molecule has 1 aromatic heterocycles. The van der Waals surface area contributed by atoms with Gasteiger partial charge in [-0.25, -0.2) is 13.8 Å². The topological polar surface area (TPSA) is 83.9 Å². The quantitative estimate of drug-likeness (QED) is 0.407. The molecule has 1 amide bonds. The van der Waals surface area contributed by atoms with Crippen molar-refractivity contribution in [1.29, 1.82) is 0 Å². The highest BCUT2D eigenvalue weighted by molar-refractivity contribution is 7.13. The normalized spacial score (nSPS) is 17.3. The number of rotatable bonds is 8. The number of hydrogen-bond donors (Lipinski definition) is 2. The van der Waals surface area contributed by atoms with Crippen molar-refractivity contribution in [2.75, 3.05) is 32.8 Å². The number of halogens is 4. The first-order valence-electron chi connectivity index (χ1n) is 12.1. The molecular formula is C26H25F4N3O4S. The first-order valence-corrected chi connectivity index (χ1v) is 13.0. The number of aliphatic hydroxyl groups excluding tert-OH is 1. The maximum atomic E-state index is 15.3. The number of aromatic nitrogens is 1. The number of benzene rings is 2. The molecule has 1 saturated heterocycles. The summed E-state index contributed by atoms with van der Waals surface area (Å²) in [6, 6.07) is 6.45. The standard InChI is InChI=1S/C26H25F4N3O4S/c27-17-5-3-15(4-6-17)24-32-21(14-38-24)26(29,30)25(35)31-19(13-33-7-1-2-8-33)22(34)16-11-18(28)23-20(12-16)36-9-10-37-23/h3-6,11-12,14,19,22,34H,1-2,7-10,13H2,(H,31,35). The van der Waals surface area contributed by atoms with Crippen LogP contribution in [0.5, 0.6) is 11.5 Å². The number of thiazole rings is 1. The van der Waals surface area contributed by atoms with E-state index in [0.717, 1.165) is 35.6 Å². The number of carbonyl (C=O) groups excluding carboxylic acids is 1. The smallest absolute Gasteiger partial charge is 0.366 e. The molecule has 12 heteroatoms. The maximum absolute atomic E-state index is 15.3. The van der Waals surface area contributed by atoms with Crippen LogP contribution in [0.15, 0.2) is 41.8 Å². The third kappa shape index (κ3) is 5.47. The molecule has 0 saturated carbocycles. The molecule has 3 aromatic rings. The zero-order valence-electron chi connectivity index (χ0n) is 20.1. The average molecular weight is 552 g/mol. The number of fused-ring (bicyclic) bond motifs is 1. The van der Waals surface area contributed by atoms with E-state index < -0.39 is 41.3 Å². The predicted octanol–water partition coefficient (Wildman–Crippen LogP) is 4.27. The van der Waals surface area contributed by atoms with Gasteiger partial charge in [-0.2, -0.15) is 8.78 Å². The highest BCUT2D eigenvalue weighted by Crippen LogP contribution is 2.37. The van der Waals surface area contributed by atoms with Crippen molar-refractivity contribution < 1.29 is 36.9 Å². The Balaban J connectivity index is 1.38. The Morgan fingerprint density at radius 1 is 1.13 bits per heavy atom. The summed E-state index contributed by atoms with van der Waals surface area (Å²) < 4.78 is 69.1. The number of nitrogens with one attached hydrogen (secondary N) is 1. The van der Waals surface area contributed by atoms with Crippen molar-refractivity contribution in [2.24, 2.45) is 0 Å². The van der Waals surface area contributed by atoms with Gasteiger partial charge >= 0.3 is 5.92 Å². The molecule has 0 spiro atoms. The minimum atomic E-state index is -4.02. The summed E-state index contributed by atoms with van der Waals surface area (Å²) in [5.41, 5.74) is -0.271. The van der Waals surface area contributed by atoms with Gasteiger partial charge in [0.1, 0.15) is 35.8 Å². The fourth-order valence-corrected chi connectivity index (χ4v) is 5.37. The molecule has 0 bridgehead atoms. The van der Waals surface area contributed by atoms with E-state index in [1.165, 1.54) is 30.3 Å². The van der Waals surface area contributed by atoms with E-state index in [1.807, 2.05) is 4.90 Å². The van der Waals surface area contributed by atoms with Gasteiger partial charge in [0, 0.05) is 17.5 Å². The van der Waals surface area contributed by atoms with Crippen LogP contribution >= 0.6 is 11.3 Å². The van der Waals surface area contributed by atoms with Crippen LogP contribution in [0, 0.1) is 11.6 Å². The van der Waals surface area contributed by atoms with Gasteiger partial charge < -0.3 is 24.8 Å². The van der Waals surface area contributed by atoms with Crippen LogP contribution < -0.4 is 14.8 Å². The van der Waals surface area contributed by atoms with Gasteiger partial charge in [-0.05, 0) is 67.9 Å². The van der Waals surface area contributed by atoms with E-state index in [2.05, 4.69) is 10.3 Å². The molecular weight excluding hydrogens is 526 g/mol. The lowest BCUT2D eigenvalue weighted by Gasteiger charge is -2.30. The fraction of sp³-hybridized carbons (Fsp3) is 0.385. The molecule has 7 nitrogen and oxygen atoms in total. The summed E-state index contributed by atoms with van der Waals surface area (Å²) in [4.78, 5) is 18.7. The number of aliphatic hydroxyl groups is 1. The fourth-order valence-electron chi connectivity index (χ4n) is 4.52. The lowest BCUT2D eigenvalue weighted by molar-refractivity contribution is -0.149. The molecule has 2 aromatic carbocycles. The Labute approximate surface area is 220 Å². The lowest BCUT2D eigenvalue weighted by Crippen LogP contribution is -2.51. The van der Waals surface area contributed by atoms with Gasteiger partial charge in [0.25, 0.3) is 5.91 Å². The Hall–Kier alpha value is -3.22. The van der Waals surface area contributed by atoms with Crippen LogP contribution in [0.3, 0.4) is 0 Å².